The molecule has 0 saturated carbocycles. The van der Waals surface area contributed by atoms with Crippen LogP contribution in [0.3, 0.4) is 0 Å². The van der Waals surface area contributed by atoms with Crippen molar-refractivity contribution in [2.24, 2.45) is 0 Å². The number of rotatable bonds is 7. The lowest BCUT2D eigenvalue weighted by Gasteiger charge is -2.09. The smallest absolute Gasteiger partial charge is 0.251 e. The van der Waals surface area contributed by atoms with Gasteiger partial charge in [0.15, 0.2) is 0 Å². The molecule has 2 rings (SSSR count). The fourth-order valence-corrected chi connectivity index (χ4v) is 2.45. The first-order chi connectivity index (χ1) is 10.5. The van der Waals surface area contributed by atoms with Crippen LogP contribution >= 0.6 is 11.3 Å². The molecule has 0 aliphatic heterocycles. The highest BCUT2D eigenvalue weighted by atomic mass is 32.1. The zero-order valence-corrected chi connectivity index (χ0v) is 13.5. The van der Waals surface area contributed by atoms with Gasteiger partial charge in [-0.3, -0.25) is 4.79 Å². The third-order valence-electron chi connectivity index (χ3n) is 3.00. The summed E-state index contributed by atoms with van der Waals surface area (Å²) < 4.78 is 5.66. The molecule has 0 fully saturated rings. The van der Waals surface area contributed by atoms with Crippen molar-refractivity contribution in [3.05, 3.63) is 45.9 Å². The summed E-state index contributed by atoms with van der Waals surface area (Å²) in [6.07, 6.45) is 0.113. The van der Waals surface area contributed by atoms with Gasteiger partial charge in [-0.05, 0) is 38.5 Å². The number of carbonyl (C=O) groups is 1. The monoisotopic (exact) mass is 320 g/mol. The SMILES string of the molecule is Cc1nc(COc2cccc(C(=O)NCCC(C)O)c2)cs1. The van der Waals surface area contributed by atoms with E-state index in [1.165, 1.54) is 0 Å². The molecule has 2 aromatic rings. The molecular weight excluding hydrogens is 300 g/mol. The van der Waals surface area contributed by atoms with Gasteiger partial charge in [0.05, 0.1) is 16.8 Å². The minimum atomic E-state index is -0.420. The molecule has 1 heterocycles. The number of thiazole rings is 1. The number of amides is 1. The van der Waals surface area contributed by atoms with Crippen molar-refractivity contribution in [2.75, 3.05) is 6.54 Å². The van der Waals surface area contributed by atoms with Crippen molar-refractivity contribution in [3.63, 3.8) is 0 Å². The second-order valence-electron chi connectivity index (χ2n) is 5.07. The van der Waals surface area contributed by atoms with Gasteiger partial charge in [0, 0.05) is 17.5 Å². The molecule has 0 saturated heterocycles. The van der Waals surface area contributed by atoms with Crippen molar-refractivity contribution in [3.8, 4) is 5.75 Å². The molecule has 2 N–H and O–H groups in total. The molecule has 0 spiro atoms. The third kappa shape index (κ3) is 5.13. The number of aromatic nitrogens is 1. The molecule has 1 aromatic carbocycles. The lowest BCUT2D eigenvalue weighted by Crippen LogP contribution is -2.26. The van der Waals surface area contributed by atoms with Gasteiger partial charge in [0.2, 0.25) is 0 Å². The number of nitrogens with zero attached hydrogens (tertiary/aromatic N) is 1. The van der Waals surface area contributed by atoms with Gasteiger partial charge in [-0.2, -0.15) is 0 Å². The van der Waals surface area contributed by atoms with Crippen LogP contribution in [0, 0.1) is 6.92 Å². The minimum Gasteiger partial charge on any atom is -0.487 e. The number of benzene rings is 1. The Bertz CT molecular complexity index is 625. The van der Waals surface area contributed by atoms with Crippen LogP contribution in [0.4, 0.5) is 0 Å². The molecule has 1 unspecified atom stereocenters. The van der Waals surface area contributed by atoms with Gasteiger partial charge >= 0.3 is 0 Å². The molecule has 0 aliphatic rings. The fourth-order valence-electron chi connectivity index (χ4n) is 1.86. The van der Waals surface area contributed by atoms with E-state index in [0.717, 1.165) is 10.7 Å². The lowest BCUT2D eigenvalue weighted by atomic mass is 10.2. The van der Waals surface area contributed by atoms with Gasteiger partial charge in [0.1, 0.15) is 12.4 Å². The largest absolute Gasteiger partial charge is 0.487 e. The Morgan fingerprint density at radius 2 is 2.32 bits per heavy atom. The summed E-state index contributed by atoms with van der Waals surface area (Å²) in [6, 6.07) is 7.03. The molecule has 22 heavy (non-hydrogen) atoms. The number of carbonyl (C=O) groups excluding carboxylic acids is 1. The third-order valence-corrected chi connectivity index (χ3v) is 3.82. The van der Waals surface area contributed by atoms with E-state index in [9.17, 15) is 9.90 Å². The van der Waals surface area contributed by atoms with E-state index in [1.807, 2.05) is 18.4 Å². The molecule has 118 valence electrons. The Morgan fingerprint density at radius 1 is 1.50 bits per heavy atom. The van der Waals surface area contributed by atoms with E-state index in [4.69, 9.17) is 4.74 Å². The van der Waals surface area contributed by atoms with E-state index in [2.05, 4.69) is 10.3 Å². The van der Waals surface area contributed by atoms with Gasteiger partial charge in [-0.25, -0.2) is 4.98 Å². The van der Waals surface area contributed by atoms with Crippen LogP contribution in [0.2, 0.25) is 0 Å². The van der Waals surface area contributed by atoms with E-state index < -0.39 is 6.10 Å². The van der Waals surface area contributed by atoms with Crippen LogP contribution in [0.15, 0.2) is 29.6 Å². The number of aliphatic hydroxyl groups excluding tert-OH is 1. The quantitative estimate of drug-likeness (QED) is 0.822. The summed E-state index contributed by atoms with van der Waals surface area (Å²) >= 11 is 1.58. The highest BCUT2D eigenvalue weighted by Crippen LogP contribution is 2.16. The lowest BCUT2D eigenvalue weighted by molar-refractivity contribution is 0.0945. The highest BCUT2D eigenvalue weighted by molar-refractivity contribution is 7.09. The van der Waals surface area contributed by atoms with Gasteiger partial charge < -0.3 is 15.2 Å². The molecule has 6 heteroatoms. The summed E-state index contributed by atoms with van der Waals surface area (Å²) in [7, 11) is 0. The standard InChI is InChI=1S/C16H20N2O3S/c1-11(19)6-7-17-16(20)13-4-3-5-15(8-13)21-9-14-10-22-12(2)18-14/h3-5,8,10-11,19H,6-7,9H2,1-2H3,(H,17,20). The van der Waals surface area contributed by atoms with Crippen LogP contribution < -0.4 is 10.1 Å². The van der Waals surface area contributed by atoms with Crippen LogP contribution in [0.25, 0.3) is 0 Å². The molecule has 0 aliphatic carbocycles. The Kier molecular flexibility index (Phi) is 5.91. The summed E-state index contributed by atoms with van der Waals surface area (Å²) in [6.45, 7) is 4.48. The zero-order chi connectivity index (χ0) is 15.9. The number of aryl methyl sites for hydroxylation is 1. The number of hydrogen-bond acceptors (Lipinski definition) is 5. The Balaban J connectivity index is 1.90. The summed E-state index contributed by atoms with van der Waals surface area (Å²) in [5.41, 5.74) is 1.42. The number of aliphatic hydroxyl groups is 1. The second kappa shape index (κ2) is 7.91. The predicted octanol–water partition coefficient (Wildman–Crippen LogP) is 2.53. The van der Waals surface area contributed by atoms with Gasteiger partial charge in [-0.15, -0.1) is 11.3 Å². The summed E-state index contributed by atoms with van der Waals surface area (Å²) in [4.78, 5) is 16.3. The molecule has 1 amide bonds. The van der Waals surface area contributed by atoms with Gasteiger partial charge in [0.25, 0.3) is 5.91 Å². The average Bonchev–Trinajstić information content (AvgIpc) is 2.90. The molecule has 1 aromatic heterocycles. The fraction of sp³-hybridized carbons (Fsp3) is 0.375. The summed E-state index contributed by atoms with van der Waals surface area (Å²) in [5.74, 6) is 0.462. The predicted molar refractivity (Wildman–Crippen MR) is 86.3 cm³/mol. The van der Waals surface area contributed by atoms with E-state index >= 15 is 0 Å². The maximum absolute atomic E-state index is 12.0. The Labute approximate surface area is 134 Å². The minimum absolute atomic E-state index is 0.171. The molecule has 0 radical (unpaired) electrons. The summed E-state index contributed by atoms with van der Waals surface area (Å²) in [5, 5.41) is 14.9. The Morgan fingerprint density at radius 3 is 3.00 bits per heavy atom. The van der Waals surface area contributed by atoms with Gasteiger partial charge in [-0.1, -0.05) is 6.07 Å². The van der Waals surface area contributed by atoms with E-state index in [1.54, 1.807) is 36.5 Å². The van der Waals surface area contributed by atoms with E-state index in [-0.39, 0.29) is 5.91 Å². The number of nitrogens with one attached hydrogen (secondary N) is 1. The van der Waals surface area contributed by atoms with Crippen molar-refractivity contribution < 1.29 is 14.6 Å². The van der Waals surface area contributed by atoms with E-state index in [0.29, 0.717) is 30.9 Å². The first kappa shape index (κ1) is 16.5. The first-order valence-corrected chi connectivity index (χ1v) is 8.02. The maximum Gasteiger partial charge on any atom is 0.251 e. The van der Waals surface area contributed by atoms with Crippen LogP contribution in [-0.2, 0) is 6.61 Å². The Hall–Kier alpha value is -1.92. The van der Waals surface area contributed by atoms with Crippen LogP contribution in [0.5, 0.6) is 5.75 Å². The zero-order valence-electron chi connectivity index (χ0n) is 12.7. The van der Waals surface area contributed by atoms with Crippen LogP contribution in [0.1, 0.15) is 34.4 Å². The first-order valence-electron chi connectivity index (χ1n) is 7.14. The van der Waals surface area contributed by atoms with Crippen molar-refractivity contribution >= 4 is 17.2 Å². The van der Waals surface area contributed by atoms with Crippen molar-refractivity contribution in [1.82, 2.24) is 10.3 Å². The average molecular weight is 320 g/mol. The van der Waals surface area contributed by atoms with Crippen LogP contribution in [-0.4, -0.2) is 28.6 Å². The molecule has 0 bridgehead atoms. The van der Waals surface area contributed by atoms with Crippen molar-refractivity contribution in [1.29, 1.82) is 0 Å². The number of hydrogen-bond donors (Lipinski definition) is 2. The van der Waals surface area contributed by atoms with Crippen molar-refractivity contribution in [2.45, 2.75) is 33.0 Å². The number of ether oxygens (including phenoxy) is 1. The molecule has 5 nitrogen and oxygen atoms in total. The second-order valence-corrected chi connectivity index (χ2v) is 6.13. The molecular formula is C16H20N2O3S. The topological polar surface area (TPSA) is 71.5 Å². The maximum atomic E-state index is 12.0. The highest BCUT2D eigenvalue weighted by Gasteiger charge is 2.07. The molecule has 1 atom stereocenters. The normalized spacial score (nSPS) is 12.0.